The molecule has 0 spiro atoms. The van der Waals surface area contributed by atoms with Gasteiger partial charge in [0, 0.05) is 0 Å². The molecule has 64 valence electrons. The van der Waals surface area contributed by atoms with E-state index in [1.165, 1.54) is 5.56 Å². The second-order valence-electron chi connectivity index (χ2n) is 2.70. The van der Waals surface area contributed by atoms with Gasteiger partial charge in [0.05, 0.1) is 0 Å². The Bertz CT molecular complexity index is 263. The summed E-state index contributed by atoms with van der Waals surface area (Å²) < 4.78 is 5.44. The Hall–Kier alpha value is -1.24. The fraction of sp³-hybridized carbons (Fsp3) is 0.273. The number of ether oxygens (including phenoxy) is 1. The Morgan fingerprint density at radius 3 is 2.92 bits per heavy atom. The summed E-state index contributed by atoms with van der Waals surface area (Å²) in [6.07, 6.45) is 3.97. The number of hydrogen-bond acceptors (Lipinski definition) is 1. The van der Waals surface area contributed by atoms with Crippen LogP contribution in [0.25, 0.3) is 0 Å². The lowest BCUT2D eigenvalue weighted by Gasteiger charge is -2.02. The molecule has 0 N–H and O–H groups in total. The summed E-state index contributed by atoms with van der Waals surface area (Å²) in [4.78, 5) is 0. The van der Waals surface area contributed by atoms with Crippen LogP contribution in [0.3, 0.4) is 0 Å². The van der Waals surface area contributed by atoms with Gasteiger partial charge in [-0.3, -0.25) is 0 Å². The molecule has 0 aliphatic heterocycles. The zero-order chi connectivity index (χ0) is 8.81. The van der Waals surface area contributed by atoms with E-state index in [0.717, 1.165) is 5.75 Å². The highest BCUT2D eigenvalue weighted by Crippen LogP contribution is 2.11. The van der Waals surface area contributed by atoms with Crippen LogP contribution in [-0.4, -0.2) is 6.61 Å². The Labute approximate surface area is 73.7 Å². The first-order valence-corrected chi connectivity index (χ1v) is 4.13. The summed E-state index contributed by atoms with van der Waals surface area (Å²) in [6, 6.07) is 8.06. The van der Waals surface area contributed by atoms with Gasteiger partial charge in [-0.15, -0.1) is 0 Å². The fourth-order valence-electron chi connectivity index (χ4n) is 0.946. The molecule has 0 fully saturated rings. The van der Waals surface area contributed by atoms with E-state index >= 15 is 0 Å². The van der Waals surface area contributed by atoms with Crippen molar-refractivity contribution in [1.82, 2.24) is 0 Å². The number of hydrogen-bond donors (Lipinski definition) is 0. The van der Waals surface area contributed by atoms with Crippen LogP contribution in [0.4, 0.5) is 0 Å². The fourth-order valence-corrected chi connectivity index (χ4v) is 0.946. The molecule has 0 bridgehead atoms. The van der Waals surface area contributed by atoms with Crippen molar-refractivity contribution in [2.45, 2.75) is 13.8 Å². The van der Waals surface area contributed by atoms with Crippen molar-refractivity contribution >= 4 is 0 Å². The van der Waals surface area contributed by atoms with Gasteiger partial charge in [-0.1, -0.05) is 24.3 Å². The quantitative estimate of drug-likeness (QED) is 0.621. The molecule has 0 amide bonds. The Balaban J connectivity index is 2.52. The lowest BCUT2D eigenvalue weighted by atomic mass is 10.2. The number of benzene rings is 1. The summed E-state index contributed by atoms with van der Waals surface area (Å²) in [5.74, 6) is 0.938. The minimum absolute atomic E-state index is 0.653. The molecule has 0 saturated carbocycles. The minimum atomic E-state index is 0.653. The SMILES string of the molecule is C/C=C\COc1cccc(C)c1. The lowest BCUT2D eigenvalue weighted by molar-refractivity contribution is 0.362. The van der Waals surface area contributed by atoms with E-state index in [4.69, 9.17) is 4.74 Å². The van der Waals surface area contributed by atoms with Crippen LogP contribution in [0.1, 0.15) is 12.5 Å². The van der Waals surface area contributed by atoms with E-state index in [0.29, 0.717) is 6.61 Å². The van der Waals surface area contributed by atoms with E-state index in [1.807, 2.05) is 37.3 Å². The zero-order valence-electron chi connectivity index (χ0n) is 7.58. The zero-order valence-corrected chi connectivity index (χ0v) is 7.58. The van der Waals surface area contributed by atoms with Crippen LogP contribution in [0.15, 0.2) is 36.4 Å². The molecule has 1 rings (SSSR count). The minimum Gasteiger partial charge on any atom is -0.490 e. The predicted octanol–water partition coefficient (Wildman–Crippen LogP) is 2.95. The monoisotopic (exact) mass is 162 g/mol. The highest BCUT2D eigenvalue weighted by Gasteiger charge is 1.90. The van der Waals surface area contributed by atoms with E-state index < -0.39 is 0 Å². The van der Waals surface area contributed by atoms with Crippen molar-refractivity contribution in [3.63, 3.8) is 0 Å². The maximum atomic E-state index is 5.44. The molecular weight excluding hydrogens is 148 g/mol. The van der Waals surface area contributed by atoms with Gasteiger partial charge in [-0.25, -0.2) is 0 Å². The van der Waals surface area contributed by atoms with Gasteiger partial charge in [-0.2, -0.15) is 0 Å². The molecule has 0 heterocycles. The smallest absolute Gasteiger partial charge is 0.120 e. The largest absolute Gasteiger partial charge is 0.490 e. The van der Waals surface area contributed by atoms with Crippen LogP contribution in [0.2, 0.25) is 0 Å². The highest BCUT2D eigenvalue weighted by molar-refractivity contribution is 5.27. The Morgan fingerprint density at radius 2 is 2.25 bits per heavy atom. The third kappa shape index (κ3) is 2.79. The second-order valence-corrected chi connectivity index (χ2v) is 2.70. The number of aryl methyl sites for hydroxylation is 1. The lowest BCUT2D eigenvalue weighted by Crippen LogP contribution is -1.92. The van der Waals surface area contributed by atoms with Crippen molar-refractivity contribution in [3.05, 3.63) is 42.0 Å². The Morgan fingerprint density at radius 1 is 1.42 bits per heavy atom. The molecule has 0 saturated heterocycles. The van der Waals surface area contributed by atoms with Gasteiger partial charge in [-0.05, 0) is 31.5 Å². The number of allylic oxidation sites excluding steroid dienone is 1. The molecule has 1 aromatic rings. The van der Waals surface area contributed by atoms with Gasteiger partial charge in [0.25, 0.3) is 0 Å². The van der Waals surface area contributed by atoms with Crippen LogP contribution >= 0.6 is 0 Å². The third-order valence-corrected chi connectivity index (χ3v) is 1.57. The third-order valence-electron chi connectivity index (χ3n) is 1.57. The summed E-state index contributed by atoms with van der Waals surface area (Å²) in [5.41, 5.74) is 1.23. The maximum Gasteiger partial charge on any atom is 0.120 e. The predicted molar refractivity (Wildman–Crippen MR) is 51.5 cm³/mol. The molecule has 0 aromatic heterocycles. The maximum absolute atomic E-state index is 5.44. The molecule has 0 atom stereocenters. The first kappa shape index (κ1) is 8.85. The normalized spacial score (nSPS) is 10.5. The molecule has 1 aromatic carbocycles. The first-order valence-electron chi connectivity index (χ1n) is 4.13. The van der Waals surface area contributed by atoms with Gasteiger partial charge >= 0.3 is 0 Å². The van der Waals surface area contributed by atoms with E-state index in [1.54, 1.807) is 0 Å². The molecule has 0 aliphatic carbocycles. The summed E-state index contributed by atoms with van der Waals surface area (Å²) in [5, 5.41) is 0. The summed E-state index contributed by atoms with van der Waals surface area (Å²) in [6.45, 7) is 4.70. The van der Waals surface area contributed by atoms with Crippen molar-refractivity contribution in [2.24, 2.45) is 0 Å². The summed E-state index contributed by atoms with van der Waals surface area (Å²) >= 11 is 0. The van der Waals surface area contributed by atoms with Crippen LogP contribution in [0, 0.1) is 6.92 Å². The molecule has 0 aliphatic rings. The van der Waals surface area contributed by atoms with Crippen LogP contribution < -0.4 is 4.74 Å². The molecule has 1 heteroatoms. The average Bonchev–Trinajstić information content (AvgIpc) is 2.05. The van der Waals surface area contributed by atoms with Crippen molar-refractivity contribution in [3.8, 4) is 5.75 Å². The second kappa shape index (κ2) is 4.60. The molecule has 0 unspecified atom stereocenters. The van der Waals surface area contributed by atoms with Crippen molar-refractivity contribution in [1.29, 1.82) is 0 Å². The molecule has 1 nitrogen and oxygen atoms in total. The Kier molecular flexibility index (Phi) is 3.39. The van der Waals surface area contributed by atoms with E-state index in [9.17, 15) is 0 Å². The highest BCUT2D eigenvalue weighted by atomic mass is 16.5. The molecule has 0 radical (unpaired) electrons. The van der Waals surface area contributed by atoms with Gasteiger partial charge in [0.1, 0.15) is 12.4 Å². The standard InChI is InChI=1S/C11H14O/c1-3-4-8-12-11-7-5-6-10(2)9-11/h3-7,9H,8H2,1-2H3/b4-3-. The first-order chi connectivity index (χ1) is 5.83. The van der Waals surface area contributed by atoms with E-state index in [-0.39, 0.29) is 0 Å². The van der Waals surface area contributed by atoms with Gasteiger partial charge < -0.3 is 4.74 Å². The number of rotatable bonds is 3. The topological polar surface area (TPSA) is 9.23 Å². The van der Waals surface area contributed by atoms with Crippen LogP contribution in [-0.2, 0) is 0 Å². The average molecular weight is 162 g/mol. The van der Waals surface area contributed by atoms with Gasteiger partial charge in [0.15, 0.2) is 0 Å². The van der Waals surface area contributed by atoms with E-state index in [2.05, 4.69) is 13.0 Å². The van der Waals surface area contributed by atoms with Crippen molar-refractivity contribution in [2.75, 3.05) is 6.61 Å². The van der Waals surface area contributed by atoms with Crippen LogP contribution in [0.5, 0.6) is 5.75 Å². The van der Waals surface area contributed by atoms with Crippen molar-refractivity contribution < 1.29 is 4.74 Å². The summed E-state index contributed by atoms with van der Waals surface area (Å²) in [7, 11) is 0. The molecular formula is C11H14O. The molecule has 12 heavy (non-hydrogen) atoms. The van der Waals surface area contributed by atoms with Gasteiger partial charge in [0.2, 0.25) is 0 Å².